The number of nitrogens with zero attached hydrogens (tertiary/aromatic N) is 7. The van der Waals surface area contributed by atoms with E-state index in [-0.39, 0.29) is 5.28 Å². The van der Waals surface area contributed by atoms with Crippen LogP contribution in [0.4, 0.5) is 5.95 Å². The van der Waals surface area contributed by atoms with Gasteiger partial charge in [0.1, 0.15) is 12.7 Å². The number of ether oxygens (including phenoxy) is 1. The molecule has 0 saturated heterocycles. The first-order valence-corrected chi connectivity index (χ1v) is 6.13. The monoisotopic (exact) mass is 283 g/mol. The molecule has 0 fully saturated rings. The fourth-order valence-electron chi connectivity index (χ4n) is 1.49. The van der Waals surface area contributed by atoms with Gasteiger partial charge in [0.25, 0.3) is 5.95 Å². The molecule has 2 rings (SSSR count). The van der Waals surface area contributed by atoms with Crippen LogP contribution in [0.2, 0.25) is 5.28 Å². The zero-order valence-electron chi connectivity index (χ0n) is 10.7. The molecule has 0 aromatic carbocycles. The van der Waals surface area contributed by atoms with E-state index < -0.39 is 0 Å². The number of halogens is 1. The van der Waals surface area contributed by atoms with Gasteiger partial charge < -0.3 is 9.64 Å². The second-order valence-corrected chi connectivity index (χ2v) is 3.96. The zero-order valence-corrected chi connectivity index (χ0v) is 11.4. The number of hydrogen-bond donors (Lipinski definition) is 0. The first-order valence-electron chi connectivity index (χ1n) is 5.75. The number of likely N-dealkylation sites (N-methyl/N-ethyl adjacent to an activating group) is 1. The van der Waals surface area contributed by atoms with E-state index in [2.05, 4.69) is 25.0 Å². The van der Waals surface area contributed by atoms with E-state index in [9.17, 15) is 0 Å². The Morgan fingerprint density at radius 1 is 1.37 bits per heavy atom. The van der Waals surface area contributed by atoms with Crippen LogP contribution in [0, 0.1) is 0 Å². The Bertz CT molecular complexity index is 519. The normalized spacial score (nSPS) is 10.7. The number of methoxy groups -OCH3 is 1. The summed E-state index contributed by atoms with van der Waals surface area (Å²) in [5.41, 5.74) is 0. The molecular formula is C10H14ClN7O. The molecule has 0 atom stereocenters. The maximum absolute atomic E-state index is 5.92. The molecule has 8 nitrogen and oxygen atoms in total. The summed E-state index contributed by atoms with van der Waals surface area (Å²) in [7, 11) is 1.65. The summed E-state index contributed by atoms with van der Waals surface area (Å²) in [6, 6.07) is 0. The molecule has 0 aliphatic carbocycles. The summed E-state index contributed by atoms with van der Waals surface area (Å²) in [5.74, 6) is 0.827. The van der Waals surface area contributed by atoms with Crippen LogP contribution in [-0.4, -0.2) is 56.5 Å². The molecule has 0 N–H and O–H groups in total. The maximum atomic E-state index is 5.92. The summed E-state index contributed by atoms with van der Waals surface area (Å²) in [5, 5.41) is 4.08. The summed E-state index contributed by atoms with van der Waals surface area (Å²) >= 11 is 5.92. The molecule has 0 aliphatic rings. The van der Waals surface area contributed by atoms with E-state index in [4.69, 9.17) is 16.3 Å². The Kier molecular flexibility index (Phi) is 4.58. The lowest BCUT2D eigenvalue weighted by Crippen LogP contribution is -2.29. The highest BCUT2D eigenvalue weighted by Crippen LogP contribution is 2.12. The Hall–Kier alpha value is -1.80. The molecule has 0 spiro atoms. The van der Waals surface area contributed by atoms with Crippen molar-refractivity contribution in [3.8, 4) is 5.95 Å². The van der Waals surface area contributed by atoms with Gasteiger partial charge in [-0.25, -0.2) is 4.98 Å². The lowest BCUT2D eigenvalue weighted by Gasteiger charge is -2.20. The Labute approximate surface area is 115 Å². The molecule has 0 bridgehead atoms. The van der Waals surface area contributed by atoms with Gasteiger partial charge in [-0.05, 0) is 18.5 Å². The minimum absolute atomic E-state index is 0.117. The predicted octanol–water partition coefficient (Wildman–Crippen LogP) is 0.578. The quantitative estimate of drug-likeness (QED) is 0.767. The van der Waals surface area contributed by atoms with E-state index in [0.29, 0.717) is 25.0 Å². The molecule has 102 valence electrons. The predicted molar refractivity (Wildman–Crippen MR) is 69.5 cm³/mol. The Balaban J connectivity index is 2.30. The third-order valence-corrected chi connectivity index (χ3v) is 2.61. The van der Waals surface area contributed by atoms with Crippen molar-refractivity contribution in [2.24, 2.45) is 0 Å². The van der Waals surface area contributed by atoms with Gasteiger partial charge in [-0.1, -0.05) is 0 Å². The van der Waals surface area contributed by atoms with Crippen LogP contribution >= 0.6 is 11.6 Å². The average Bonchev–Trinajstić information content (AvgIpc) is 2.93. The molecule has 0 saturated carbocycles. The van der Waals surface area contributed by atoms with Crippen LogP contribution in [-0.2, 0) is 4.74 Å². The second-order valence-electron chi connectivity index (χ2n) is 3.62. The highest BCUT2D eigenvalue weighted by Gasteiger charge is 2.12. The summed E-state index contributed by atoms with van der Waals surface area (Å²) in [6.07, 6.45) is 2.90. The third-order valence-electron chi connectivity index (χ3n) is 2.44. The summed E-state index contributed by atoms with van der Waals surface area (Å²) in [4.78, 5) is 18.3. The van der Waals surface area contributed by atoms with Crippen molar-refractivity contribution in [2.75, 3.05) is 31.7 Å². The molecule has 0 aliphatic heterocycles. The second kappa shape index (κ2) is 6.39. The SMILES string of the molecule is CCN(CCOC)c1nc(Cl)nc(-n2cncn2)n1. The summed E-state index contributed by atoms with van der Waals surface area (Å²) < 4.78 is 6.49. The first kappa shape index (κ1) is 13.6. The number of anilines is 1. The molecule has 2 aromatic heterocycles. The Morgan fingerprint density at radius 3 is 2.84 bits per heavy atom. The zero-order chi connectivity index (χ0) is 13.7. The van der Waals surface area contributed by atoms with Crippen LogP contribution < -0.4 is 4.90 Å². The molecule has 0 amide bonds. The Morgan fingerprint density at radius 2 is 2.21 bits per heavy atom. The van der Waals surface area contributed by atoms with Crippen molar-refractivity contribution in [1.29, 1.82) is 0 Å². The van der Waals surface area contributed by atoms with Crippen molar-refractivity contribution in [3.63, 3.8) is 0 Å². The fourth-order valence-corrected chi connectivity index (χ4v) is 1.64. The lowest BCUT2D eigenvalue weighted by molar-refractivity contribution is 0.205. The van der Waals surface area contributed by atoms with E-state index in [1.165, 1.54) is 17.3 Å². The third kappa shape index (κ3) is 3.36. The van der Waals surface area contributed by atoms with Crippen molar-refractivity contribution in [2.45, 2.75) is 6.92 Å². The van der Waals surface area contributed by atoms with Crippen molar-refractivity contribution in [1.82, 2.24) is 29.7 Å². The van der Waals surface area contributed by atoms with Crippen LogP contribution in [0.15, 0.2) is 12.7 Å². The highest BCUT2D eigenvalue weighted by molar-refractivity contribution is 6.28. The number of aromatic nitrogens is 6. The fraction of sp³-hybridized carbons (Fsp3) is 0.500. The smallest absolute Gasteiger partial charge is 0.258 e. The van der Waals surface area contributed by atoms with Crippen molar-refractivity contribution in [3.05, 3.63) is 17.9 Å². The van der Waals surface area contributed by atoms with E-state index in [1.54, 1.807) is 7.11 Å². The van der Waals surface area contributed by atoms with E-state index in [0.717, 1.165) is 6.54 Å². The van der Waals surface area contributed by atoms with Crippen molar-refractivity contribution < 1.29 is 4.74 Å². The highest BCUT2D eigenvalue weighted by atomic mass is 35.5. The molecule has 19 heavy (non-hydrogen) atoms. The van der Waals surface area contributed by atoms with Gasteiger partial charge in [0.05, 0.1) is 6.61 Å². The molecule has 0 unspecified atom stereocenters. The van der Waals surface area contributed by atoms with E-state index >= 15 is 0 Å². The molecule has 2 aromatic rings. The van der Waals surface area contributed by atoms with Gasteiger partial charge in [-0.15, -0.1) is 0 Å². The van der Waals surface area contributed by atoms with Crippen LogP contribution in [0.25, 0.3) is 5.95 Å². The van der Waals surface area contributed by atoms with Crippen LogP contribution in [0.3, 0.4) is 0 Å². The summed E-state index contributed by atoms with van der Waals surface area (Å²) in [6.45, 7) is 3.99. The van der Waals surface area contributed by atoms with Crippen molar-refractivity contribution >= 4 is 17.5 Å². The number of rotatable bonds is 6. The first-order chi connectivity index (χ1) is 9.24. The van der Waals surface area contributed by atoms with Gasteiger partial charge in [0.2, 0.25) is 11.2 Å². The van der Waals surface area contributed by atoms with E-state index in [1.807, 2.05) is 11.8 Å². The molecular weight excluding hydrogens is 270 g/mol. The van der Waals surface area contributed by atoms with Gasteiger partial charge >= 0.3 is 0 Å². The number of hydrogen-bond acceptors (Lipinski definition) is 7. The van der Waals surface area contributed by atoms with Crippen LogP contribution in [0.5, 0.6) is 0 Å². The minimum atomic E-state index is 0.117. The minimum Gasteiger partial charge on any atom is -0.383 e. The van der Waals surface area contributed by atoms with Gasteiger partial charge in [-0.2, -0.15) is 24.7 Å². The van der Waals surface area contributed by atoms with Gasteiger partial charge in [0, 0.05) is 20.2 Å². The van der Waals surface area contributed by atoms with Crippen LogP contribution in [0.1, 0.15) is 6.92 Å². The standard InChI is InChI=1S/C10H14ClN7O/c1-3-17(4-5-19-2)9-14-8(11)15-10(16-9)18-7-12-6-13-18/h6-7H,3-5H2,1-2H3. The van der Waals surface area contributed by atoms with Gasteiger partial charge in [-0.3, -0.25) is 0 Å². The van der Waals surface area contributed by atoms with Gasteiger partial charge in [0.15, 0.2) is 0 Å². The molecule has 0 radical (unpaired) electrons. The average molecular weight is 284 g/mol. The topological polar surface area (TPSA) is 81.9 Å². The molecule has 2 heterocycles. The molecule has 9 heteroatoms. The maximum Gasteiger partial charge on any atom is 0.258 e. The lowest BCUT2D eigenvalue weighted by atomic mass is 10.5. The largest absolute Gasteiger partial charge is 0.383 e.